The van der Waals surface area contributed by atoms with E-state index in [9.17, 15) is 0 Å². The number of rotatable bonds is 3. The summed E-state index contributed by atoms with van der Waals surface area (Å²) in [7, 11) is 0. The number of thiazole rings is 1. The van der Waals surface area contributed by atoms with Gasteiger partial charge in [-0.2, -0.15) is 5.26 Å². The summed E-state index contributed by atoms with van der Waals surface area (Å²) in [6.07, 6.45) is 1.21. The Bertz CT molecular complexity index is 616. The normalized spacial score (nSPS) is 12.4. The molecule has 1 aliphatic rings. The minimum Gasteiger partial charge on any atom is -0.454 e. The van der Waals surface area contributed by atoms with Crippen LogP contribution in [0.3, 0.4) is 0 Å². The molecular formula is C13H10N2O2S. The second-order valence-corrected chi connectivity index (χ2v) is 4.73. The number of hydrogen-bond donors (Lipinski definition) is 0. The Hall–Kier alpha value is -2.06. The summed E-state index contributed by atoms with van der Waals surface area (Å²) in [6, 6.07) is 7.94. The molecule has 3 rings (SSSR count). The fourth-order valence-corrected chi connectivity index (χ4v) is 2.62. The van der Waals surface area contributed by atoms with E-state index in [1.54, 1.807) is 11.3 Å². The summed E-state index contributed by atoms with van der Waals surface area (Å²) in [5.74, 6) is 1.54. The summed E-state index contributed by atoms with van der Waals surface area (Å²) in [5, 5.41) is 11.5. The number of nitrogens with zero attached hydrogens (tertiary/aromatic N) is 2. The quantitative estimate of drug-likeness (QED) is 0.849. The Morgan fingerprint density at radius 3 is 3.11 bits per heavy atom. The first kappa shape index (κ1) is 11.1. The number of aromatic nitrogens is 1. The second kappa shape index (κ2) is 4.67. The SMILES string of the molecule is N#CCCc1csc(-c2ccc3c(c2)OCO3)n1. The molecule has 0 N–H and O–H groups in total. The highest BCUT2D eigenvalue weighted by molar-refractivity contribution is 7.13. The predicted octanol–water partition coefficient (Wildman–Crippen LogP) is 2.99. The van der Waals surface area contributed by atoms with Crippen molar-refractivity contribution in [2.24, 2.45) is 0 Å². The van der Waals surface area contributed by atoms with Crippen molar-refractivity contribution in [3.05, 3.63) is 29.3 Å². The lowest BCUT2D eigenvalue weighted by Gasteiger charge is -1.99. The van der Waals surface area contributed by atoms with Crippen molar-refractivity contribution in [1.82, 2.24) is 4.98 Å². The Balaban J connectivity index is 1.86. The van der Waals surface area contributed by atoms with E-state index in [1.165, 1.54) is 0 Å². The average molecular weight is 258 g/mol. The van der Waals surface area contributed by atoms with Gasteiger partial charge < -0.3 is 9.47 Å². The number of nitriles is 1. The number of fused-ring (bicyclic) bond motifs is 1. The molecule has 0 radical (unpaired) electrons. The molecule has 0 bridgehead atoms. The molecule has 5 heteroatoms. The maximum Gasteiger partial charge on any atom is 0.231 e. The molecule has 4 nitrogen and oxygen atoms in total. The molecule has 1 aliphatic heterocycles. The van der Waals surface area contributed by atoms with Gasteiger partial charge in [-0.1, -0.05) is 0 Å². The summed E-state index contributed by atoms with van der Waals surface area (Å²) in [4.78, 5) is 4.51. The first-order valence-corrected chi connectivity index (χ1v) is 6.46. The summed E-state index contributed by atoms with van der Waals surface area (Å²) < 4.78 is 10.6. The number of aryl methyl sites for hydroxylation is 1. The first-order chi connectivity index (χ1) is 8.86. The van der Waals surface area contributed by atoms with Crippen molar-refractivity contribution in [2.45, 2.75) is 12.8 Å². The van der Waals surface area contributed by atoms with E-state index >= 15 is 0 Å². The minimum atomic E-state index is 0.282. The molecule has 1 aromatic heterocycles. The predicted molar refractivity (Wildman–Crippen MR) is 67.6 cm³/mol. The number of benzene rings is 1. The number of hydrogen-bond acceptors (Lipinski definition) is 5. The highest BCUT2D eigenvalue weighted by atomic mass is 32.1. The summed E-state index contributed by atoms with van der Waals surface area (Å²) >= 11 is 1.58. The van der Waals surface area contributed by atoms with Gasteiger partial charge in [0.15, 0.2) is 11.5 Å². The van der Waals surface area contributed by atoms with Gasteiger partial charge in [0.05, 0.1) is 11.8 Å². The van der Waals surface area contributed by atoms with Crippen LogP contribution in [0.2, 0.25) is 0 Å². The molecule has 90 valence electrons. The molecule has 0 spiro atoms. The highest BCUT2D eigenvalue weighted by Crippen LogP contribution is 2.36. The first-order valence-electron chi connectivity index (χ1n) is 5.58. The highest BCUT2D eigenvalue weighted by Gasteiger charge is 2.15. The zero-order chi connectivity index (χ0) is 12.4. The van der Waals surface area contributed by atoms with E-state index in [1.807, 2.05) is 23.6 Å². The van der Waals surface area contributed by atoms with E-state index in [2.05, 4.69) is 11.1 Å². The Morgan fingerprint density at radius 2 is 2.22 bits per heavy atom. The molecule has 1 aromatic carbocycles. The fourth-order valence-electron chi connectivity index (χ4n) is 1.77. The third-order valence-electron chi connectivity index (χ3n) is 2.66. The maximum atomic E-state index is 8.55. The Kier molecular flexibility index (Phi) is 2.87. The lowest BCUT2D eigenvalue weighted by atomic mass is 10.2. The monoisotopic (exact) mass is 258 g/mol. The number of ether oxygens (including phenoxy) is 2. The molecule has 0 amide bonds. The van der Waals surface area contributed by atoms with Crippen molar-refractivity contribution in [3.63, 3.8) is 0 Å². The molecule has 0 atom stereocenters. The molecule has 2 heterocycles. The molecule has 2 aromatic rings. The average Bonchev–Trinajstić information content (AvgIpc) is 3.04. The van der Waals surface area contributed by atoms with Gasteiger partial charge in [-0.3, -0.25) is 0 Å². The third kappa shape index (κ3) is 2.03. The smallest absolute Gasteiger partial charge is 0.231 e. The van der Waals surface area contributed by atoms with Crippen LogP contribution in [-0.2, 0) is 6.42 Å². The Labute approximate surface area is 108 Å². The van der Waals surface area contributed by atoms with E-state index in [0.29, 0.717) is 12.8 Å². The molecule has 0 unspecified atom stereocenters. The topological polar surface area (TPSA) is 55.1 Å². The van der Waals surface area contributed by atoms with Gasteiger partial charge >= 0.3 is 0 Å². The van der Waals surface area contributed by atoms with Crippen molar-refractivity contribution in [2.75, 3.05) is 6.79 Å². The van der Waals surface area contributed by atoms with Gasteiger partial charge in [0, 0.05) is 23.8 Å². The summed E-state index contributed by atoms with van der Waals surface area (Å²) in [6.45, 7) is 0.282. The third-order valence-corrected chi connectivity index (χ3v) is 3.60. The van der Waals surface area contributed by atoms with Crippen molar-refractivity contribution in [1.29, 1.82) is 5.26 Å². The van der Waals surface area contributed by atoms with Crippen LogP contribution in [0.5, 0.6) is 11.5 Å². The van der Waals surface area contributed by atoms with Crippen LogP contribution in [0.25, 0.3) is 10.6 Å². The molecule has 18 heavy (non-hydrogen) atoms. The zero-order valence-corrected chi connectivity index (χ0v) is 10.4. The second-order valence-electron chi connectivity index (χ2n) is 3.87. The minimum absolute atomic E-state index is 0.282. The lowest BCUT2D eigenvalue weighted by molar-refractivity contribution is 0.174. The van der Waals surface area contributed by atoms with E-state index < -0.39 is 0 Å². The van der Waals surface area contributed by atoms with Gasteiger partial charge in [0.1, 0.15) is 5.01 Å². The van der Waals surface area contributed by atoms with Crippen LogP contribution >= 0.6 is 11.3 Å². The van der Waals surface area contributed by atoms with E-state index in [4.69, 9.17) is 14.7 Å². The van der Waals surface area contributed by atoms with Gasteiger partial charge in [0.25, 0.3) is 0 Å². The van der Waals surface area contributed by atoms with Crippen LogP contribution in [0.4, 0.5) is 0 Å². The van der Waals surface area contributed by atoms with Crippen LogP contribution in [-0.4, -0.2) is 11.8 Å². The zero-order valence-electron chi connectivity index (χ0n) is 9.55. The standard InChI is InChI=1S/C13H10N2O2S/c14-5-1-2-10-7-18-13(15-10)9-3-4-11-12(6-9)17-8-16-11/h3-4,6-7H,1-2,8H2. The van der Waals surface area contributed by atoms with E-state index in [0.717, 1.165) is 27.8 Å². The van der Waals surface area contributed by atoms with Crippen molar-refractivity contribution < 1.29 is 9.47 Å². The fraction of sp³-hybridized carbons (Fsp3) is 0.231. The molecule has 0 saturated carbocycles. The molecule has 0 aliphatic carbocycles. The van der Waals surface area contributed by atoms with E-state index in [-0.39, 0.29) is 6.79 Å². The van der Waals surface area contributed by atoms with Gasteiger partial charge in [0.2, 0.25) is 6.79 Å². The summed E-state index contributed by atoms with van der Waals surface area (Å²) in [5.41, 5.74) is 1.99. The van der Waals surface area contributed by atoms with Gasteiger partial charge in [-0.15, -0.1) is 11.3 Å². The van der Waals surface area contributed by atoms with Crippen LogP contribution in [0, 0.1) is 11.3 Å². The molecular weight excluding hydrogens is 248 g/mol. The Morgan fingerprint density at radius 1 is 1.33 bits per heavy atom. The van der Waals surface area contributed by atoms with Crippen molar-refractivity contribution in [3.8, 4) is 28.1 Å². The van der Waals surface area contributed by atoms with Crippen LogP contribution < -0.4 is 9.47 Å². The lowest BCUT2D eigenvalue weighted by Crippen LogP contribution is -1.92. The molecule has 0 fully saturated rings. The largest absolute Gasteiger partial charge is 0.454 e. The maximum absolute atomic E-state index is 8.55. The van der Waals surface area contributed by atoms with Gasteiger partial charge in [-0.25, -0.2) is 4.98 Å². The van der Waals surface area contributed by atoms with Crippen LogP contribution in [0.15, 0.2) is 23.6 Å². The van der Waals surface area contributed by atoms with Crippen molar-refractivity contribution >= 4 is 11.3 Å². The molecule has 0 saturated heterocycles. The van der Waals surface area contributed by atoms with Crippen LogP contribution in [0.1, 0.15) is 12.1 Å². The van der Waals surface area contributed by atoms with Gasteiger partial charge in [-0.05, 0) is 18.2 Å².